The maximum atomic E-state index is 12.1. The van der Waals surface area contributed by atoms with E-state index in [4.69, 9.17) is 4.74 Å². The Hall–Kier alpha value is -2.33. The van der Waals surface area contributed by atoms with Crippen molar-refractivity contribution in [1.29, 1.82) is 0 Å². The Morgan fingerprint density at radius 1 is 1.04 bits per heavy atom. The van der Waals surface area contributed by atoms with Crippen molar-refractivity contribution in [1.82, 2.24) is 4.90 Å². The standard InChI is InChI=1S/C24H31NO3/c1-2-18-28-22-10-8-21(9-11-22)19-25-16-14-24(15-17-25,23(26)27)13-12-20-6-4-3-5-7-20/h3-11H,2,12-19H2,1H3,(H,26,27). The fourth-order valence-electron chi connectivity index (χ4n) is 3.91. The van der Waals surface area contributed by atoms with Crippen molar-refractivity contribution in [3.8, 4) is 5.75 Å². The molecule has 1 aliphatic rings. The van der Waals surface area contributed by atoms with Gasteiger partial charge < -0.3 is 9.84 Å². The van der Waals surface area contributed by atoms with Gasteiger partial charge in [-0.25, -0.2) is 0 Å². The van der Waals surface area contributed by atoms with Crippen molar-refractivity contribution in [3.63, 3.8) is 0 Å². The molecule has 1 heterocycles. The van der Waals surface area contributed by atoms with Crippen LogP contribution in [0.3, 0.4) is 0 Å². The number of aryl methyl sites for hydroxylation is 1. The van der Waals surface area contributed by atoms with Gasteiger partial charge in [-0.05, 0) is 68.5 Å². The second kappa shape index (κ2) is 9.74. The summed E-state index contributed by atoms with van der Waals surface area (Å²) in [4.78, 5) is 14.4. The number of hydrogen-bond donors (Lipinski definition) is 1. The van der Waals surface area contributed by atoms with E-state index in [2.05, 4.69) is 36.1 Å². The first-order valence-corrected chi connectivity index (χ1v) is 10.3. The second-order valence-corrected chi connectivity index (χ2v) is 7.84. The van der Waals surface area contributed by atoms with Crippen molar-refractivity contribution in [2.75, 3.05) is 19.7 Å². The largest absolute Gasteiger partial charge is 0.494 e. The number of carbonyl (C=O) groups is 1. The molecule has 1 aliphatic heterocycles. The summed E-state index contributed by atoms with van der Waals surface area (Å²) < 4.78 is 5.64. The number of rotatable bonds is 9. The molecule has 0 bridgehead atoms. The zero-order chi connectivity index (χ0) is 19.8. The van der Waals surface area contributed by atoms with Crippen LogP contribution in [0, 0.1) is 5.41 Å². The van der Waals surface area contributed by atoms with Crippen LogP contribution in [0.25, 0.3) is 0 Å². The number of carboxylic acid groups (broad SMARTS) is 1. The van der Waals surface area contributed by atoms with E-state index >= 15 is 0 Å². The number of benzene rings is 2. The van der Waals surface area contributed by atoms with Gasteiger partial charge in [0.15, 0.2) is 0 Å². The molecule has 0 atom stereocenters. The summed E-state index contributed by atoms with van der Waals surface area (Å²) in [5.74, 6) is 0.274. The quantitative estimate of drug-likeness (QED) is 0.679. The minimum absolute atomic E-state index is 0.593. The van der Waals surface area contributed by atoms with E-state index in [9.17, 15) is 9.90 Å². The molecule has 4 nitrogen and oxygen atoms in total. The van der Waals surface area contributed by atoms with Gasteiger partial charge >= 0.3 is 5.97 Å². The summed E-state index contributed by atoms with van der Waals surface area (Å²) in [6.45, 7) is 5.36. The summed E-state index contributed by atoms with van der Waals surface area (Å²) >= 11 is 0. The second-order valence-electron chi connectivity index (χ2n) is 7.84. The lowest BCUT2D eigenvalue weighted by Gasteiger charge is -2.39. The molecule has 0 spiro atoms. The maximum absolute atomic E-state index is 12.1. The lowest BCUT2D eigenvalue weighted by Crippen LogP contribution is -2.44. The van der Waals surface area contributed by atoms with Crippen LogP contribution in [0.1, 0.15) is 43.7 Å². The van der Waals surface area contributed by atoms with Gasteiger partial charge in [0.1, 0.15) is 5.75 Å². The fourth-order valence-corrected chi connectivity index (χ4v) is 3.91. The van der Waals surface area contributed by atoms with Crippen LogP contribution in [0.2, 0.25) is 0 Å². The predicted molar refractivity (Wildman–Crippen MR) is 112 cm³/mol. The summed E-state index contributed by atoms with van der Waals surface area (Å²) in [7, 11) is 0. The van der Waals surface area contributed by atoms with Crippen LogP contribution < -0.4 is 4.74 Å². The monoisotopic (exact) mass is 381 g/mol. The van der Waals surface area contributed by atoms with Crippen LogP contribution >= 0.6 is 0 Å². The number of nitrogens with zero attached hydrogens (tertiary/aromatic N) is 1. The van der Waals surface area contributed by atoms with Crippen molar-refractivity contribution in [3.05, 3.63) is 65.7 Å². The molecule has 2 aromatic rings. The fraction of sp³-hybridized carbons (Fsp3) is 0.458. The van der Waals surface area contributed by atoms with Crippen molar-refractivity contribution in [2.24, 2.45) is 5.41 Å². The topological polar surface area (TPSA) is 49.8 Å². The molecule has 4 heteroatoms. The summed E-state index contributed by atoms with van der Waals surface area (Å²) in [5, 5.41) is 9.91. The Balaban J connectivity index is 1.53. The summed E-state index contributed by atoms with van der Waals surface area (Å²) in [6, 6.07) is 18.5. The third kappa shape index (κ3) is 5.35. The highest BCUT2D eigenvalue weighted by molar-refractivity contribution is 5.74. The molecule has 0 amide bonds. The Morgan fingerprint density at radius 2 is 1.71 bits per heavy atom. The molecule has 150 valence electrons. The normalized spacial score (nSPS) is 16.6. The smallest absolute Gasteiger partial charge is 0.309 e. The zero-order valence-corrected chi connectivity index (χ0v) is 16.8. The summed E-state index contributed by atoms with van der Waals surface area (Å²) in [6.07, 6.45) is 3.97. The molecule has 0 aromatic heterocycles. The van der Waals surface area contributed by atoms with E-state index in [0.29, 0.717) is 19.3 Å². The van der Waals surface area contributed by atoms with Gasteiger partial charge in [-0.15, -0.1) is 0 Å². The van der Waals surface area contributed by atoms with Gasteiger partial charge in [0, 0.05) is 6.54 Å². The highest BCUT2D eigenvalue weighted by atomic mass is 16.5. The van der Waals surface area contributed by atoms with Gasteiger partial charge in [0.05, 0.1) is 12.0 Å². The average molecular weight is 382 g/mol. The Morgan fingerprint density at radius 3 is 2.32 bits per heavy atom. The van der Waals surface area contributed by atoms with E-state index < -0.39 is 11.4 Å². The van der Waals surface area contributed by atoms with Gasteiger partial charge in [0.2, 0.25) is 0 Å². The molecule has 2 aromatic carbocycles. The predicted octanol–water partition coefficient (Wildman–Crippen LogP) is 4.78. The number of piperidine rings is 1. The van der Waals surface area contributed by atoms with Crippen molar-refractivity contribution >= 4 is 5.97 Å². The molecule has 3 rings (SSSR count). The molecular weight excluding hydrogens is 350 g/mol. The first-order chi connectivity index (χ1) is 13.6. The number of likely N-dealkylation sites (tertiary alicyclic amines) is 1. The molecule has 1 saturated heterocycles. The van der Waals surface area contributed by atoms with Crippen molar-refractivity contribution < 1.29 is 14.6 Å². The third-order valence-electron chi connectivity index (χ3n) is 5.80. The highest BCUT2D eigenvalue weighted by Crippen LogP contribution is 2.37. The van der Waals surface area contributed by atoms with E-state index in [1.165, 1.54) is 11.1 Å². The molecule has 1 N–H and O–H groups in total. The van der Waals surface area contributed by atoms with Crippen LogP contribution in [-0.2, 0) is 17.8 Å². The first kappa shape index (κ1) is 20.4. The Kier molecular flexibility index (Phi) is 7.10. The van der Waals surface area contributed by atoms with E-state index in [1.807, 2.05) is 30.3 Å². The Bertz CT molecular complexity index is 734. The minimum atomic E-state index is -0.638. The van der Waals surface area contributed by atoms with Gasteiger partial charge in [-0.1, -0.05) is 49.4 Å². The molecular formula is C24H31NO3. The van der Waals surface area contributed by atoms with Gasteiger partial charge in [-0.2, -0.15) is 0 Å². The van der Waals surface area contributed by atoms with E-state index in [0.717, 1.165) is 44.8 Å². The SMILES string of the molecule is CCCOc1ccc(CN2CCC(CCc3ccccc3)(C(=O)O)CC2)cc1. The van der Waals surface area contributed by atoms with E-state index in [-0.39, 0.29) is 0 Å². The van der Waals surface area contributed by atoms with Crippen LogP contribution in [-0.4, -0.2) is 35.7 Å². The lowest BCUT2D eigenvalue weighted by molar-refractivity contribution is -0.152. The summed E-state index contributed by atoms with van der Waals surface area (Å²) in [5.41, 5.74) is 1.87. The number of aliphatic carboxylic acids is 1. The van der Waals surface area contributed by atoms with Crippen molar-refractivity contribution in [2.45, 2.75) is 45.6 Å². The lowest BCUT2D eigenvalue weighted by atomic mass is 9.74. The van der Waals surface area contributed by atoms with Crippen LogP contribution in [0.15, 0.2) is 54.6 Å². The molecule has 28 heavy (non-hydrogen) atoms. The first-order valence-electron chi connectivity index (χ1n) is 10.3. The molecule has 0 aliphatic carbocycles. The molecule has 0 radical (unpaired) electrons. The number of carboxylic acids is 1. The number of ether oxygens (including phenoxy) is 1. The Labute approximate surface area is 168 Å². The average Bonchev–Trinajstić information content (AvgIpc) is 2.73. The van der Waals surface area contributed by atoms with Crippen LogP contribution in [0.4, 0.5) is 0 Å². The molecule has 0 saturated carbocycles. The number of hydrogen-bond acceptors (Lipinski definition) is 3. The van der Waals surface area contributed by atoms with Crippen LogP contribution in [0.5, 0.6) is 5.75 Å². The minimum Gasteiger partial charge on any atom is -0.494 e. The maximum Gasteiger partial charge on any atom is 0.309 e. The van der Waals surface area contributed by atoms with E-state index in [1.54, 1.807) is 0 Å². The molecule has 1 fully saturated rings. The molecule has 0 unspecified atom stereocenters. The third-order valence-corrected chi connectivity index (χ3v) is 5.80. The zero-order valence-electron chi connectivity index (χ0n) is 16.8. The van der Waals surface area contributed by atoms with Gasteiger partial charge in [-0.3, -0.25) is 9.69 Å². The van der Waals surface area contributed by atoms with Gasteiger partial charge in [0.25, 0.3) is 0 Å². The highest BCUT2D eigenvalue weighted by Gasteiger charge is 2.40.